The van der Waals surface area contributed by atoms with Gasteiger partial charge in [-0.1, -0.05) is 27.7 Å². The number of carbonyl (C=O) groups excluding carboxylic acids is 1. The van der Waals surface area contributed by atoms with Crippen LogP contribution in [0.3, 0.4) is 0 Å². The van der Waals surface area contributed by atoms with E-state index in [0.29, 0.717) is 19.1 Å². The van der Waals surface area contributed by atoms with Crippen LogP contribution >= 0.6 is 0 Å². The zero-order valence-electron chi connectivity index (χ0n) is 11.0. The van der Waals surface area contributed by atoms with E-state index < -0.39 is 0 Å². The first-order valence-corrected chi connectivity index (χ1v) is 6.07. The summed E-state index contributed by atoms with van der Waals surface area (Å²) in [5.41, 5.74) is 5.75. The van der Waals surface area contributed by atoms with Crippen LogP contribution in [0.5, 0.6) is 0 Å². The third-order valence-corrected chi connectivity index (χ3v) is 2.74. The highest BCUT2D eigenvalue weighted by Crippen LogP contribution is 2.10. The number of ether oxygens (including phenoxy) is 1. The molecule has 0 aliphatic carbocycles. The predicted octanol–water partition coefficient (Wildman–Crippen LogP) is 1.29. The van der Waals surface area contributed by atoms with E-state index in [9.17, 15) is 4.79 Å². The van der Waals surface area contributed by atoms with E-state index in [1.54, 1.807) is 0 Å². The van der Waals surface area contributed by atoms with Crippen LogP contribution in [0.15, 0.2) is 0 Å². The third kappa shape index (κ3) is 6.80. The van der Waals surface area contributed by atoms with Crippen molar-refractivity contribution in [3.05, 3.63) is 0 Å². The summed E-state index contributed by atoms with van der Waals surface area (Å²) in [6.07, 6.45) is 1.72. The Morgan fingerprint density at radius 2 is 1.94 bits per heavy atom. The van der Waals surface area contributed by atoms with Crippen LogP contribution in [-0.4, -0.2) is 31.2 Å². The van der Waals surface area contributed by atoms with Crippen molar-refractivity contribution in [2.45, 2.75) is 46.1 Å². The van der Waals surface area contributed by atoms with Gasteiger partial charge in [-0.05, 0) is 18.8 Å². The molecule has 4 nitrogen and oxygen atoms in total. The minimum Gasteiger partial charge on any atom is -0.370 e. The molecule has 0 saturated heterocycles. The second-order valence-electron chi connectivity index (χ2n) is 4.76. The highest BCUT2D eigenvalue weighted by molar-refractivity contribution is 5.77. The standard InChI is InChI=1S/C12H26N2O2/c1-5-12(13,6-2)9-16-8-11(15)14-7-10(3)4/h10H,5-9,13H2,1-4H3,(H,14,15). The molecule has 0 heterocycles. The Balaban J connectivity index is 3.69. The normalized spacial score (nSPS) is 11.9. The fraction of sp³-hybridized carbons (Fsp3) is 0.917. The predicted molar refractivity (Wildman–Crippen MR) is 66.2 cm³/mol. The molecular formula is C12H26N2O2. The zero-order chi connectivity index (χ0) is 12.6. The zero-order valence-corrected chi connectivity index (χ0v) is 11.0. The average Bonchev–Trinajstić information content (AvgIpc) is 2.26. The lowest BCUT2D eigenvalue weighted by Gasteiger charge is -2.26. The molecule has 0 aliphatic heterocycles. The Morgan fingerprint density at radius 1 is 1.38 bits per heavy atom. The van der Waals surface area contributed by atoms with Gasteiger partial charge in [0.2, 0.25) is 5.91 Å². The number of nitrogens with two attached hydrogens (primary N) is 1. The molecule has 96 valence electrons. The molecule has 1 amide bonds. The fourth-order valence-corrected chi connectivity index (χ4v) is 1.17. The van der Waals surface area contributed by atoms with Crippen molar-refractivity contribution < 1.29 is 9.53 Å². The van der Waals surface area contributed by atoms with Crippen molar-refractivity contribution >= 4 is 5.91 Å². The SMILES string of the molecule is CCC(N)(CC)COCC(=O)NCC(C)C. The number of rotatable bonds is 8. The van der Waals surface area contributed by atoms with E-state index in [2.05, 4.69) is 19.2 Å². The number of carbonyl (C=O) groups is 1. The van der Waals surface area contributed by atoms with E-state index in [4.69, 9.17) is 10.5 Å². The van der Waals surface area contributed by atoms with Gasteiger partial charge in [0, 0.05) is 12.1 Å². The van der Waals surface area contributed by atoms with Gasteiger partial charge in [0.15, 0.2) is 0 Å². The minimum atomic E-state index is -0.293. The van der Waals surface area contributed by atoms with Crippen LogP contribution in [-0.2, 0) is 9.53 Å². The van der Waals surface area contributed by atoms with Crippen molar-refractivity contribution in [3.63, 3.8) is 0 Å². The number of hydrogen-bond acceptors (Lipinski definition) is 3. The molecular weight excluding hydrogens is 204 g/mol. The van der Waals surface area contributed by atoms with Crippen molar-refractivity contribution in [1.29, 1.82) is 0 Å². The fourth-order valence-electron chi connectivity index (χ4n) is 1.17. The molecule has 0 fully saturated rings. The summed E-state index contributed by atoms with van der Waals surface area (Å²) in [5, 5.41) is 2.80. The van der Waals surface area contributed by atoms with E-state index >= 15 is 0 Å². The Bertz CT molecular complexity index is 201. The molecule has 0 rings (SSSR count). The molecule has 0 aromatic carbocycles. The summed E-state index contributed by atoms with van der Waals surface area (Å²) >= 11 is 0. The molecule has 0 spiro atoms. The quantitative estimate of drug-likeness (QED) is 0.660. The lowest BCUT2D eigenvalue weighted by Crippen LogP contribution is -2.44. The van der Waals surface area contributed by atoms with Gasteiger partial charge in [0.05, 0.1) is 6.61 Å². The van der Waals surface area contributed by atoms with Crippen molar-refractivity contribution in [2.24, 2.45) is 11.7 Å². The molecule has 0 aromatic rings. The molecule has 3 N–H and O–H groups in total. The summed E-state index contributed by atoms with van der Waals surface area (Å²) in [5.74, 6) is 0.395. The first-order chi connectivity index (χ1) is 7.43. The molecule has 0 radical (unpaired) electrons. The van der Waals surface area contributed by atoms with Crippen LogP contribution in [0.2, 0.25) is 0 Å². The van der Waals surface area contributed by atoms with Gasteiger partial charge in [-0.2, -0.15) is 0 Å². The van der Waals surface area contributed by atoms with E-state index in [1.807, 2.05) is 13.8 Å². The Morgan fingerprint density at radius 3 is 2.38 bits per heavy atom. The summed E-state index contributed by atoms with van der Waals surface area (Å²) in [4.78, 5) is 11.3. The maximum Gasteiger partial charge on any atom is 0.246 e. The maximum atomic E-state index is 11.3. The Labute approximate surface area is 98.9 Å². The van der Waals surface area contributed by atoms with Gasteiger partial charge in [0.25, 0.3) is 0 Å². The molecule has 4 heteroatoms. The van der Waals surface area contributed by atoms with Crippen LogP contribution in [0.1, 0.15) is 40.5 Å². The highest BCUT2D eigenvalue weighted by atomic mass is 16.5. The van der Waals surface area contributed by atoms with Gasteiger partial charge in [-0.15, -0.1) is 0 Å². The van der Waals surface area contributed by atoms with Crippen LogP contribution < -0.4 is 11.1 Å². The highest BCUT2D eigenvalue weighted by Gasteiger charge is 2.20. The van der Waals surface area contributed by atoms with Gasteiger partial charge in [-0.3, -0.25) is 4.79 Å². The van der Waals surface area contributed by atoms with Crippen LogP contribution in [0, 0.1) is 5.92 Å². The molecule has 0 aromatic heterocycles. The van der Waals surface area contributed by atoms with Crippen LogP contribution in [0.25, 0.3) is 0 Å². The summed E-state index contributed by atoms with van der Waals surface area (Å²) < 4.78 is 5.34. The Kier molecular flexibility index (Phi) is 7.34. The van der Waals surface area contributed by atoms with Gasteiger partial charge in [0.1, 0.15) is 6.61 Å². The van der Waals surface area contributed by atoms with Gasteiger partial charge >= 0.3 is 0 Å². The topological polar surface area (TPSA) is 64.3 Å². The van der Waals surface area contributed by atoms with Crippen molar-refractivity contribution in [3.8, 4) is 0 Å². The first-order valence-electron chi connectivity index (χ1n) is 6.07. The lowest BCUT2D eigenvalue weighted by molar-refractivity contribution is -0.126. The largest absolute Gasteiger partial charge is 0.370 e. The van der Waals surface area contributed by atoms with Gasteiger partial charge in [-0.25, -0.2) is 0 Å². The smallest absolute Gasteiger partial charge is 0.246 e. The summed E-state index contributed by atoms with van der Waals surface area (Å²) in [7, 11) is 0. The van der Waals surface area contributed by atoms with E-state index in [-0.39, 0.29) is 18.1 Å². The molecule has 0 bridgehead atoms. The molecule has 0 unspecified atom stereocenters. The van der Waals surface area contributed by atoms with Crippen LogP contribution in [0.4, 0.5) is 0 Å². The second-order valence-corrected chi connectivity index (χ2v) is 4.76. The Hall–Kier alpha value is -0.610. The molecule has 0 aliphatic rings. The molecule has 16 heavy (non-hydrogen) atoms. The van der Waals surface area contributed by atoms with E-state index in [1.165, 1.54) is 0 Å². The van der Waals surface area contributed by atoms with Crippen molar-refractivity contribution in [2.75, 3.05) is 19.8 Å². The average molecular weight is 230 g/mol. The molecule has 0 atom stereocenters. The first kappa shape index (κ1) is 15.4. The second kappa shape index (κ2) is 7.63. The monoisotopic (exact) mass is 230 g/mol. The number of hydrogen-bond donors (Lipinski definition) is 2. The van der Waals surface area contributed by atoms with Crippen molar-refractivity contribution in [1.82, 2.24) is 5.32 Å². The molecule has 0 saturated carbocycles. The summed E-state index contributed by atoms with van der Waals surface area (Å²) in [6.45, 7) is 9.41. The van der Waals surface area contributed by atoms with Gasteiger partial charge < -0.3 is 15.8 Å². The lowest BCUT2D eigenvalue weighted by atomic mass is 9.96. The summed E-state index contributed by atoms with van der Waals surface area (Å²) in [6, 6.07) is 0. The minimum absolute atomic E-state index is 0.0664. The van der Waals surface area contributed by atoms with E-state index in [0.717, 1.165) is 12.8 Å². The third-order valence-electron chi connectivity index (χ3n) is 2.74. The maximum absolute atomic E-state index is 11.3. The number of nitrogens with one attached hydrogen (secondary N) is 1. The number of amides is 1.